The summed E-state index contributed by atoms with van der Waals surface area (Å²) in [6.07, 6.45) is 7.29. The minimum Gasteiger partial charge on any atom is -0.463 e. The van der Waals surface area contributed by atoms with E-state index in [0.717, 1.165) is 12.8 Å². The summed E-state index contributed by atoms with van der Waals surface area (Å²) in [7, 11) is 0. The molecule has 0 radical (unpaired) electrons. The molecule has 2 rings (SSSR count). The lowest BCUT2D eigenvalue weighted by Crippen LogP contribution is -2.23. The van der Waals surface area contributed by atoms with Crippen LogP contribution in [0.25, 0.3) is 6.08 Å². The fourth-order valence-corrected chi connectivity index (χ4v) is 2.96. The molecule has 0 amide bonds. The van der Waals surface area contributed by atoms with Crippen molar-refractivity contribution in [3.8, 4) is 0 Å². The van der Waals surface area contributed by atoms with Gasteiger partial charge in [0.1, 0.15) is 6.10 Å². The number of ether oxygens (including phenoxy) is 1. The summed E-state index contributed by atoms with van der Waals surface area (Å²) >= 11 is 0. The zero-order valence-corrected chi connectivity index (χ0v) is 13.0. The summed E-state index contributed by atoms with van der Waals surface area (Å²) in [4.78, 5) is 11.4. The van der Waals surface area contributed by atoms with Gasteiger partial charge in [0.25, 0.3) is 0 Å². The van der Waals surface area contributed by atoms with E-state index in [1.165, 1.54) is 12.5 Å². The van der Waals surface area contributed by atoms with Crippen LogP contribution in [0, 0.1) is 17.8 Å². The first-order valence-corrected chi connectivity index (χ1v) is 7.80. The number of benzene rings is 1. The van der Waals surface area contributed by atoms with Gasteiger partial charge in [-0.1, -0.05) is 48.6 Å². The van der Waals surface area contributed by atoms with Gasteiger partial charge in [-0.05, 0) is 43.1 Å². The predicted molar refractivity (Wildman–Crippen MR) is 88.0 cm³/mol. The first kappa shape index (κ1) is 16.5. The summed E-state index contributed by atoms with van der Waals surface area (Å²) < 4.78 is 5.17. The number of esters is 1. The Hall–Kier alpha value is -1.87. The minimum absolute atomic E-state index is 0.283. The molecule has 1 saturated carbocycles. The molecule has 4 atom stereocenters. The molecule has 3 nitrogen and oxygen atoms in total. The number of aliphatic hydroxyl groups is 1. The third-order valence-electron chi connectivity index (χ3n) is 4.23. The highest BCUT2D eigenvalue weighted by Gasteiger charge is 2.32. The number of rotatable bonds is 6. The van der Waals surface area contributed by atoms with E-state index in [9.17, 15) is 9.90 Å². The van der Waals surface area contributed by atoms with E-state index in [0.29, 0.717) is 18.4 Å². The summed E-state index contributed by atoms with van der Waals surface area (Å²) in [6.45, 7) is 5.68. The van der Waals surface area contributed by atoms with E-state index < -0.39 is 12.1 Å². The molecule has 1 aromatic rings. The molecule has 3 heteroatoms. The highest BCUT2D eigenvalue weighted by Crippen LogP contribution is 2.38. The molecule has 0 aliphatic heterocycles. The standard InChI is InChI=1S/C19H24O3/c1-3-17-11-16(10-9-15-7-5-4-6-8-15)12-18(17)13-22-19(21)14(2)20/h3-10,14,16-18,20H,1,11-13H2,2H3/b10-9+. The number of carbonyl (C=O) groups is 1. The van der Waals surface area contributed by atoms with Gasteiger partial charge in [0.05, 0.1) is 6.61 Å². The van der Waals surface area contributed by atoms with Crippen molar-refractivity contribution in [3.63, 3.8) is 0 Å². The highest BCUT2D eigenvalue weighted by atomic mass is 16.5. The van der Waals surface area contributed by atoms with E-state index in [1.807, 2.05) is 24.3 Å². The molecule has 22 heavy (non-hydrogen) atoms. The largest absolute Gasteiger partial charge is 0.463 e. The zero-order chi connectivity index (χ0) is 15.9. The Balaban J connectivity index is 1.90. The van der Waals surface area contributed by atoms with Crippen molar-refractivity contribution in [3.05, 3.63) is 54.6 Å². The topological polar surface area (TPSA) is 46.5 Å². The van der Waals surface area contributed by atoms with Crippen molar-refractivity contribution in [2.24, 2.45) is 17.8 Å². The molecule has 1 fully saturated rings. The lowest BCUT2D eigenvalue weighted by Gasteiger charge is -2.16. The van der Waals surface area contributed by atoms with Crippen LogP contribution in [-0.2, 0) is 9.53 Å². The zero-order valence-electron chi connectivity index (χ0n) is 13.0. The third-order valence-corrected chi connectivity index (χ3v) is 4.23. The van der Waals surface area contributed by atoms with Gasteiger partial charge in [-0.25, -0.2) is 4.79 Å². The molecule has 0 saturated heterocycles. The second-order valence-electron chi connectivity index (χ2n) is 5.97. The Labute approximate surface area is 132 Å². The molecule has 0 heterocycles. The monoisotopic (exact) mass is 300 g/mol. The molecule has 118 valence electrons. The van der Waals surface area contributed by atoms with E-state index in [2.05, 4.69) is 30.9 Å². The van der Waals surface area contributed by atoms with Crippen LogP contribution in [0.4, 0.5) is 0 Å². The first-order valence-electron chi connectivity index (χ1n) is 7.80. The number of hydrogen-bond acceptors (Lipinski definition) is 3. The van der Waals surface area contributed by atoms with Crippen LogP contribution in [-0.4, -0.2) is 23.8 Å². The SMILES string of the molecule is C=CC1CC(/C=C/c2ccccc2)CC1COC(=O)C(C)O. The fourth-order valence-electron chi connectivity index (χ4n) is 2.96. The fraction of sp³-hybridized carbons (Fsp3) is 0.421. The van der Waals surface area contributed by atoms with Gasteiger partial charge in [0.15, 0.2) is 0 Å². The van der Waals surface area contributed by atoms with Crippen LogP contribution >= 0.6 is 0 Å². The first-order chi connectivity index (χ1) is 10.6. The summed E-state index contributed by atoms with van der Waals surface area (Å²) in [5, 5.41) is 9.17. The molecule has 0 spiro atoms. The van der Waals surface area contributed by atoms with Crippen LogP contribution in [0.3, 0.4) is 0 Å². The van der Waals surface area contributed by atoms with Gasteiger partial charge in [-0.2, -0.15) is 0 Å². The molecular formula is C19H24O3. The quantitative estimate of drug-likeness (QED) is 0.646. The van der Waals surface area contributed by atoms with Crippen LogP contribution < -0.4 is 0 Å². The van der Waals surface area contributed by atoms with Crippen LogP contribution in [0.5, 0.6) is 0 Å². The van der Waals surface area contributed by atoms with Gasteiger partial charge in [-0.15, -0.1) is 6.58 Å². The van der Waals surface area contributed by atoms with Crippen molar-refractivity contribution >= 4 is 12.0 Å². The molecule has 1 aliphatic carbocycles. The molecule has 1 N–H and O–H groups in total. The number of aliphatic hydroxyl groups excluding tert-OH is 1. The molecular weight excluding hydrogens is 276 g/mol. The van der Waals surface area contributed by atoms with Gasteiger partial charge in [-0.3, -0.25) is 0 Å². The second-order valence-corrected chi connectivity index (χ2v) is 5.97. The number of allylic oxidation sites excluding steroid dienone is 2. The lowest BCUT2D eigenvalue weighted by molar-refractivity contribution is -0.154. The molecule has 0 aromatic heterocycles. The van der Waals surface area contributed by atoms with Gasteiger partial charge in [0, 0.05) is 0 Å². The van der Waals surface area contributed by atoms with E-state index in [4.69, 9.17) is 4.74 Å². The molecule has 0 bridgehead atoms. The number of carbonyl (C=O) groups excluding carboxylic acids is 1. The molecule has 1 aliphatic rings. The Morgan fingerprint density at radius 2 is 2.14 bits per heavy atom. The maximum absolute atomic E-state index is 11.4. The number of hydrogen-bond donors (Lipinski definition) is 1. The molecule has 4 unspecified atom stereocenters. The Morgan fingerprint density at radius 1 is 1.41 bits per heavy atom. The average Bonchev–Trinajstić information content (AvgIpc) is 2.93. The summed E-state index contributed by atoms with van der Waals surface area (Å²) in [5.41, 5.74) is 1.20. The summed E-state index contributed by atoms with van der Waals surface area (Å²) in [5.74, 6) is 0.558. The van der Waals surface area contributed by atoms with Crippen molar-refractivity contribution < 1.29 is 14.6 Å². The molecule has 1 aromatic carbocycles. The average molecular weight is 300 g/mol. The highest BCUT2D eigenvalue weighted by molar-refractivity contribution is 5.73. The van der Waals surface area contributed by atoms with E-state index in [-0.39, 0.29) is 5.92 Å². The van der Waals surface area contributed by atoms with Crippen molar-refractivity contribution in [2.75, 3.05) is 6.61 Å². The van der Waals surface area contributed by atoms with Crippen molar-refractivity contribution in [2.45, 2.75) is 25.9 Å². The van der Waals surface area contributed by atoms with Crippen LogP contribution in [0.2, 0.25) is 0 Å². The maximum Gasteiger partial charge on any atom is 0.334 e. The lowest BCUT2D eigenvalue weighted by atomic mass is 9.97. The second kappa shape index (κ2) is 7.95. The van der Waals surface area contributed by atoms with Gasteiger partial charge >= 0.3 is 5.97 Å². The van der Waals surface area contributed by atoms with Crippen LogP contribution in [0.15, 0.2) is 49.1 Å². The normalized spacial score (nSPS) is 26.0. The Kier molecular flexibility index (Phi) is 5.96. The predicted octanol–water partition coefficient (Wildman–Crippen LogP) is 3.45. The smallest absolute Gasteiger partial charge is 0.334 e. The van der Waals surface area contributed by atoms with Gasteiger partial charge in [0.2, 0.25) is 0 Å². The Morgan fingerprint density at radius 3 is 2.77 bits per heavy atom. The van der Waals surface area contributed by atoms with E-state index >= 15 is 0 Å². The van der Waals surface area contributed by atoms with Crippen LogP contribution in [0.1, 0.15) is 25.3 Å². The van der Waals surface area contributed by atoms with E-state index in [1.54, 1.807) is 0 Å². The summed E-state index contributed by atoms with van der Waals surface area (Å²) in [6, 6.07) is 10.2. The third kappa shape index (κ3) is 4.57. The minimum atomic E-state index is -1.06. The van der Waals surface area contributed by atoms with Crippen molar-refractivity contribution in [1.29, 1.82) is 0 Å². The maximum atomic E-state index is 11.4. The Bertz CT molecular complexity index is 519. The van der Waals surface area contributed by atoms with Gasteiger partial charge < -0.3 is 9.84 Å². The van der Waals surface area contributed by atoms with Crippen molar-refractivity contribution in [1.82, 2.24) is 0 Å².